The molecule has 0 aromatic heterocycles. The van der Waals surface area contributed by atoms with Gasteiger partial charge in [0.15, 0.2) is 0 Å². The molecular formula is C14H19BrO2. The summed E-state index contributed by atoms with van der Waals surface area (Å²) in [7, 11) is 1.69. The van der Waals surface area contributed by atoms with Crippen molar-refractivity contribution in [3.05, 3.63) is 27.7 Å². The SMILES string of the molecule is COc1ccc(Br)c2c1CCC(C)(C)CC2O. The summed E-state index contributed by atoms with van der Waals surface area (Å²) in [5.74, 6) is 0.889. The van der Waals surface area contributed by atoms with Crippen LogP contribution in [0.25, 0.3) is 0 Å². The van der Waals surface area contributed by atoms with E-state index in [9.17, 15) is 5.11 Å². The summed E-state index contributed by atoms with van der Waals surface area (Å²) in [6, 6.07) is 3.92. The van der Waals surface area contributed by atoms with Crippen molar-refractivity contribution in [2.75, 3.05) is 7.11 Å². The molecule has 2 nitrogen and oxygen atoms in total. The van der Waals surface area contributed by atoms with Gasteiger partial charge >= 0.3 is 0 Å². The second-order valence-corrected chi connectivity index (χ2v) is 6.38. The zero-order valence-electron chi connectivity index (χ0n) is 10.6. The molecule has 1 N–H and O–H groups in total. The van der Waals surface area contributed by atoms with Gasteiger partial charge in [-0.25, -0.2) is 0 Å². The van der Waals surface area contributed by atoms with Crippen LogP contribution in [0.2, 0.25) is 0 Å². The fraction of sp³-hybridized carbons (Fsp3) is 0.571. The molecule has 0 fully saturated rings. The van der Waals surface area contributed by atoms with Crippen LogP contribution in [0.3, 0.4) is 0 Å². The molecule has 1 atom stereocenters. The van der Waals surface area contributed by atoms with Gasteiger partial charge in [0.1, 0.15) is 5.75 Å². The van der Waals surface area contributed by atoms with E-state index < -0.39 is 6.10 Å². The number of aliphatic hydroxyl groups excluding tert-OH is 1. The Kier molecular flexibility index (Phi) is 3.50. The van der Waals surface area contributed by atoms with Crippen molar-refractivity contribution < 1.29 is 9.84 Å². The van der Waals surface area contributed by atoms with Crippen LogP contribution in [0.1, 0.15) is 43.9 Å². The molecule has 0 amide bonds. The average molecular weight is 299 g/mol. The summed E-state index contributed by atoms with van der Waals surface area (Å²) >= 11 is 3.54. The summed E-state index contributed by atoms with van der Waals surface area (Å²) < 4.78 is 6.39. The number of hydrogen-bond donors (Lipinski definition) is 1. The highest BCUT2D eigenvalue weighted by Gasteiger charge is 2.31. The van der Waals surface area contributed by atoms with E-state index in [0.717, 1.165) is 40.6 Å². The van der Waals surface area contributed by atoms with Crippen molar-refractivity contribution >= 4 is 15.9 Å². The summed E-state index contributed by atoms with van der Waals surface area (Å²) in [4.78, 5) is 0. The fourth-order valence-corrected chi connectivity index (χ4v) is 3.25. The van der Waals surface area contributed by atoms with Gasteiger partial charge in [-0.3, -0.25) is 0 Å². The maximum atomic E-state index is 10.4. The van der Waals surface area contributed by atoms with E-state index in [-0.39, 0.29) is 5.41 Å². The Hall–Kier alpha value is -0.540. The molecule has 0 saturated carbocycles. The van der Waals surface area contributed by atoms with Gasteiger partial charge in [0, 0.05) is 15.6 Å². The molecule has 17 heavy (non-hydrogen) atoms. The number of ether oxygens (including phenoxy) is 1. The van der Waals surface area contributed by atoms with E-state index in [0.29, 0.717) is 0 Å². The molecule has 0 saturated heterocycles. The lowest BCUT2D eigenvalue weighted by Gasteiger charge is -2.24. The topological polar surface area (TPSA) is 29.5 Å². The lowest BCUT2D eigenvalue weighted by Crippen LogP contribution is -2.13. The monoisotopic (exact) mass is 298 g/mol. The third-order valence-corrected chi connectivity index (χ3v) is 4.30. The smallest absolute Gasteiger partial charge is 0.122 e. The summed E-state index contributed by atoms with van der Waals surface area (Å²) in [5, 5.41) is 10.4. The van der Waals surface area contributed by atoms with Crippen molar-refractivity contribution in [2.24, 2.45) is 5.41 Å². The van der Waals surface area contributed by atoms with Gasteiger partial charge < -0.3 is 9.84 Å². The molecule has 3 heteroatoms. The molecule has 1 aliphatic carbocycles. The van der Waals surface area contributed by atoms with Crippen molar-refractivity contribution in [1.82, 2.24) is 0 Å². The second kappa shape index (κ2) is 4.62. The van der Waals surface area contributed by atoms with E-state index in [1.165, 1.54) is 0 Å². The van der Waals surface area contributed by atoms with Gasteiger partial charge in [-0.15, -0.1) is 0 Å². The maximum Gasteiger partial charge on any atom is 0.122 e. The van der Waals surface area contributed by atoms with Crippen LogP contribution in [-0.4, -0.2) is 12.2 Å². The van der Waals surface area contributed by atoms with E-state index in [1.54, 1.807) is 7.11 Å². The highest BCUT2D eigenvalue weighted by Crippen LogP contribution is 2.44. The summed E-state index contributed by atoms with van der Waals surface area (Å²) in [6.07, 6.45) is 2.42. The van der Waals surface area contributed by atoms with Crippen molar-refractivity contribution in [1.29, 1.82) is 0 Å². The van der Waals surface area contributed by atoms with E-state index in [2.05, 4.69) is 29.8 Å². The molecule has 1 aliphatic rings. The van der Waals surface area contributed by atoms with Crippen LogP contribution < -0.4 is 4.74 Å². The van der Waals surface area contributed by atoms with Gasteiger partial charge in [-0.1, -0.05) is 29.8 Å². The lowest BCUT2D eigenvalue weighted by molar-refractivity contribution is 0.116. The summed E-state index contributed by atoms with van der Waals surface area (Å²) in [5.41, 5.74) is 2.33. The number of benzene rings is 1. The molecule has 2 rings (SSSR count). The number of hydrogen-bond acceptors (Lipinski definition) is 2. The standard InChI is InChI=1S/C14H19BrO2/c1-14(2)7-6-9-12(17-3)5-4-10(15)13(9)11(16)8-14/h4-5,11,16H,6-8H2,1-3H3. The quantitative estimate of drug-likeness (QED) is 0.798. The molecule has 1 unspecified atom stereocenters. The number of methoxy groups -OCH3 is 1. The van der Waals surface area contributed by atoms with E-state index >= 15 is 0 Å². The number of fused-ring (bicyclic) bond motifs is 1. The Morgan fingerprint density at radius 3 is 2.76 bits per heavy atom. The molecule has 0 spiro atoms. The first kappa shape index (κ1) is 12.9. The van der Waals surface area contributed by atoms with E-state index in [4.69, 9.17) is 4.74 Å². The van der Waals surface area contributed by atoms with Gasteiger partial charge in [-0.05, 0) is 36.8 Å². The fourth-order valence-electron chi connectivity index (χ4n) is 2.62. The highest BCUT2D eigenvalue weighted by atomic mass is 79.9. The Morgan fingerprint density at radius 2 is 2.12 bits per heavy atom. The van der Waals surface area contributed by atoms with E-state index in [1.807, 2.05) is 12.1 Å². The van der Waals surface area contributed by atoms with Crippen molar-refractivity contribution in [3.8, 4) is 5.75 Å². The molecule has 1 aromatic rings. The Balaban J connectivity index is 2.53. The maximum absolute atomic E-state index is 10.4. The van der Waals surface area contributed by atoms with Gasteiger partial charge in [0.05, 0.1) is 13.2 Å². The molecular weight excluding hydrogens is 280 g/mol. The predicted octanol–water partition coefficient (Wildman–Crippen LogP) is 3.85. The van der Waals surface area contributed by atoms with Gasteiger partial charge in [0.2, 0.25) is 0 Å². The molecule has 0 aliphatic heterocycles. The number of rotatable bonds is 1. The highest BCUT2D eigenvalue weighted by molar-refractivity contribution is 9.10. The molecule has 1 aromatic carbocycles. The third-order valence-electron chi connectivity index (χ3n) is 3.61. The molecule has 0 bridgehead atoms. The minimum atomic E-state index is -0.410. The largest absolute Gasteiger partial charge is 0.496 e. The van der Waals surface area contributed by atoms with Crippen LogP contribution in [0.5, 0.6) is 5.75 Å². The van der Waals surface area contributed by atoms with Crippen LogP contribution in [-0.2, 0) is 6.42 Å². The minimum absolute atomic E-state index is 0.170. The van der Waals surface area contributed by atoms with Crippen LogP contribution in [0.15, 0.2) is 16.6 Å². The zero-order valence-corrected chi connectivity index (χ0v) is 12.2. The Labute approximate surface area is 111 Å². The summed E-state index contributed by atoms with van der Waals surface area (Å²) in [6.45, 7) is 4.42. The number of halogens is 1. The van der Waals surface area contributed by atoms with Gasteiger partial charge in [-0.2, -0.15) is 0 Å². The minimum Gasteiger partial charge on any atom is -0.496 e. The van der Waals surface area contributed by atoms with Gasteiger partial charge in [0.25, 0.3) is 0 Å². The normalized spacial score (nSPS) is 22.8. The number of aliphatic hydroxyl groups is 1. The van der Waals surface area contributed by atoms with Crippen LogP contribution in [0, 0.1) is 5.41 Å². The predicted molar refractivity (Wildman–Crippen MR) is 72.4 cm³/mol. The van der Waals surface area contributed by atoms with Crippen LogP contribution >= 0.6 is 15.9 Å². The first-order valence-corrected chi connectivity index (χ1v) is 6.77. The second-order valence-electron chi connectivity index (χ2n) is 5.53. The first-order valence-electron chi connectivity index (χ1n) is 5.98. The van der Waals surface area contributed by atoms with Crippen LogP contribution in [0.4, 0.5) is 0 Å². The Morgan fingerprint density at radius 1 is 1.41 bits per heavy atom. The first-order chi connectivity index (χ1) is 7.94. The zero-order chi connectivity index (χ0) is 12.6. The van der Waals surface area contributed by atoms with Crippen molar-refractivity contribution in [3.63, 3.8) is 0 Å². The average Bonchev–Trinajstić information content (AvgIpc) is 2.36. The third kappa shape index (κ3) is 2.50. The van der Waals surface area contributed by atoms with Crippen molar-refractivity contribution in [2.45, 2.75) is 39.2 Å². The molecule has 94 valence electrons. The Bertz CT molecular complexity index is 426. The molecule has 0 heterocycles. The lowest BCUT2D eigenvalue weighted by atomic mass is 9.84. The molecule has 0 radical (unpaired) electrons.